The van der Waals surface area contributed by atoms with E-state index in [0.29, 0.717) is 12.2 Å². The van der Waals surface area contributed by atoms with Crippen molar-refractivity contribution in [3.8, 4) is 0 Å². The summed E-state index contributed by atoms with van der Waals surface area (Å²) in [5.74, 6) is 0.698. The highest BCUT2D eigenvalue weighted by atomic mass is 16.3. The van der Waals surface area contributed by atoms with Crippen LogP contribution in [-0.4, -0.2) is 10.5 Å². The van der Waals surface area contributed by atoms with E-state index in [1.165, 1.54) is 11.1 Å². The van der Waals surface area contributed by atoms with Gasteiger partial charge in [-0.15, -0.1) is 0 Å². The molecule has 0 spiro atoms. The summed E-state index contributed by atoms with van der Waals surface area (Å²) >= 11 is 0. The van der Waals surface area contributed by atoms with Crippen LogP contribution in [0.3, 0.4) is 0 Å². The third-order valence-electron chi connectivity index (χ3n) is 5.13. The lowest BCUT2D eigenvalue weighted by molar-refractivity contribution is 0.101. The first-order valence-electron chi connectivity index (χ1n) is 9.44. The standard InChI is InChI=1S/C24H24N2O2/c1-15-6-5-7-19(10-15)14-26-21-12-18(4)28-23(21)13-22(26)24(27)25-20-9-8-16(2)17(3)11-20/h5-13H,14H2,1-4H3,(H,25,27). The second-order valence-electron chi connectivity index (χ2n) is 7.46. The number of rotatable bonds is 4. The van der Waals surface area contributed by atoms with Gasteiger partial charge < -0.3 is 14.3 Å². The molecule has 2 aromatic heterocycles. The molecule has 4 aromatic rings. The smallest absolute Gasteiger partial charge is 0.272 e. The number of aromatic nitrogens is 1. The molecule has 0 radical (unpaired) electrons. The van der Waals surface area contributed by atoms with E-state index >= 15 is 0 Å². The minimum Gasteiger partial charge on any atom is -0.460 e. The zero-order chi connectivity index (χ0) is 19.8. The number of amides is 1. The lowest BCUT2D eigenvalue weighted by Crippen LogP contribution is -2.17. The minimum absolute atomic E-state index is 0.139. The first kappa shape index (κ1) is 18.1. The third-order valence-corrected chi connectivity index (χ3v) is 5.13. The fourth-order valence-electron chi connectivity index (χ4n) is 3.53. The molecule has 4 nitrogen and oxygen atoms in total. The molecule has 0 saturated carbocycles. The van der Waals surface area contributed by atoms with E-state index < -0.39 is 0 Å². The SMILES string of the molecule is Cc1cccc(Cn2c(C(=O)Nc3ccc(C)c(C)c3)cc3oc(C)cc32)c1. The highest BCUT2D eigenvalue weighted by Crippen LogP contribution is 2.26. The van der Waals surface area contributed by atoms with Crippen LogP contribution in [0, 0.1) is 27.7 Å². The summed E-state index contributed by atoms with van der Waals surface area (Å²) in [6, 6.07) is 18.1. The molecule has 28 heavy (non-hydrogen) atoms. The van der Waals surface area contributed by atoms with E-state index in [1.54, 1.807) is 0 Å². The van der Waals surface area contributed by atoms with Gasteiger partial charge in [-0.3, -0.25) is 4.79 Å². The molecule has 142 valence electrons. The summed E-state index contributed by atoms with van der Waals surface area (Å²) in [7, 11) is 0. The number of nitrogens with zero attached hydrogens (tertiary/aromatic N) is 1. The Morgan fingerprint density at radius 3 is 2.54 bits per heavy atom. The van der Waals surface area contributed by atoms with E-state index in [2.05, 4.69) is 37.4 Å². The van der Waals surface area contributed by atoms with Gasteiger partial charge in [0.05, 0.1) is 5.52 Å². The maximum absolute atomic E-state index is 13.1. The van der Waals surface area contributed by atoms with Gasteiger partial charge in [-0.1, -0.05) is 35.9 Å². The number of fused-ring (bicyclic) bond motifs is 1. The van der Waals surface area contributed by atoms with Crippen LogP contribution in [0.25, 0.3) is 11.1 Å². The Hall–Kier alpha value is -3.27. The molecule has 0 saturated heterocycles. The quantitative estimate of drug-likeness (QED) is 0.494. The number of hydrogen-bond donors (Lipinski definition) is 1. The molecule has 0 aliphatic rings. The Morgan fingerprint density at radius 2 is 1.79 bits per heavy atom. The topological polar surface area (TPSA) is 47.2 Å². The van der Waals surface area contributed by atoms with Gasteiger partial charge in [0, 0.05) is 24.4 Å². The molecule has 0 aliphatic heterocycles. The van der Waals surface area contributed by atoms with Crippen molar-refractivity contribution in [2.45, 2.75) is 34.2 Å². The molecular weight excluding hydrogens is 348 g/mol. The van der Waals surface area contributed by atoms with Crippen LogP contribution in [0.1, 0.15) is 38.5 Å². The van der Waals surface area contributed by atoms with Crippen LogP contribution in [0.2, 0.25) is 0 Å². The largest absolute Gasteiger partial charge is 0.460 e. The highest BCUT2D eigenvalue weighted by Gasteiger charge is 2.19. The average Bonchev–Trinajstić information content (AvgIpc) is 3.15. The molecule has 2 aromatic carbocycles. The van der Waals surface area contributed by atoms with Gasteiger partial charge in [0.2, 0.25) is 0 Å². The van der Waals surface area contributed by atoms with E-state index in [-0.39, 0.29) is 5.91 Å². The molecule has 2 heterocycles. The summed E-state index contributed by atoms with van der Waals surface area (Å²) in [6.45, 7) is 8.71. The van der Waals surface area contributed by atoms with E-state index in [1.807, 2.05) is 54.8 Å². The maximum atomic E-state index is 13.1. The van der Waals surface area contributed by atoms with Crippen LogP contribution in [-0.2, 0) is 6.54 Å². The molecule has 4 heteroatoms. The number of carbonyl (C=O) groups is 1. The molecular formula is C24H24N2O2. The van der Waals surface area contributed by atoms with Gasteiger partial charge in [0.1, 0.15) is 11.5 Å². The Kier molecular flexibility index (Phi) is 4.55. The van der Waals surface area contributed by atoms with Gasteiger partial charge in [-0.05, 0) is 56.5 Å². The fourth-order valence-corrected chi connectivity index (χ4v) is 3.53. The minimum atomic E-state index is -0.139. The number of benzene rings is 2. The van der Waals surface area contributed by atoms with Crippen molar-refractivity contribution in [3.05, 3.63) is 88.3 Å². The number of furan rings is 1. The van der Waals surface area contributed by atoms with Crippen LogP contribution >= 0.6 is 0 Å². The van der Waals surface area contributed by atoms with E-state index in [9.17, 15) is 4.79 Å². The second kappa shape index (κ2) is 7.04. The Balaban J connectivity index is 1.72. The third kappa shape index (κ3) is 3.46. The van der Waals surface area contributed by atoms with Crippen LogP contribution < -0.4 is 5.32 Å². The van der Waals surface area contributed by atoms with Crippen molar-refractivity contribution in [3.63, 3.8) is 0 Å². The van der Waals surface area contributed by atoms with E-state index in [0.717, 1.165) is 33.7 Å². The monoisotopic (exact) mass is 372 g/mol. The zero-order valence-corrected chi connectivity index (χ0v) is 16.7. The average molecular weight is 372 g/mol. The maximum Gasteiger partial charge on any atom is 0.272 e. The van der Waals surface area contributed by atoms with Crippen molar-refractivity contribution >= 4 is 22.7 Å². The summed E-state index contributed by atoms with van der Waals surface area (Å²) in [5, 5.41) is 3.03. The highest BCUT2D eigenvalue weighted by molar-refractivity contribution is 6.06. The number of aryl methyl sites for hydroxylation is 4. The van der Waals surface area contributed by atoms with Crippen molar-refractivity contribution in [1.29, 1.82) is 0 Å². The molecule has 0 fully saturated rings. The molecule has 0 bridgehead atoms. The zero-order valence-electron chi connectivity index (χ0n) is 16.7. The predicted molar refractivity (Wildman–Crippen MR) is 113 cm³/mol. The second-order valence-corrected chi connectivity index (χ2v) is 7.46. The van der Waals surface area contributed by atoms with Gasteiger partial charge >= 0.3 is 0 Å². The van der Waals surface area contributed by atoms with Crippen molar-refractivity contribution < 1.29 is 9.21 Å². The van der Waals surface area contributed by atoms with Gasteiger partial charge in [0.25, 0.3) is 5.91 Å². The molecule has 1 amide bonds. The van der Waals surface area contributed by atoms with Crippen molar-refractivity contribution in [1.82, 2.24) is 4.57 Å². The molecule has 4 rings (SSSR count). The summed E-state index contributed by atoms with van der Waals surface area (Å²) in [6.07, 6.45) is 0. The number of anilines is 1. The molecule has 0 unspecified atom stereocenters. The number of carbonyl (C=O) groups excluding carboxylic acids is 1. The van der Waals surface area contributed by atoms with Crippen molar-refractivity contribution in [2.24, 2.45) is 0 Å². The normalized spacial score (nSPS) is 11.1. The summed E-state index contributed by atoms with van der Waals surface area (Å²) in [4.78, 5) is 13.1. The first-order valence-corrected chi connectivity index (χ1v) is 9.44. The van der Waals surface area contributed by atoms with Crippen LogP contribution in [0.15, 0.2) is 59.0 Å². The molecule has 0 atom stereocenters. The van der Waals surface area contributed by atoms with Gasteiger partial charge in [0.15, 0.2) is 5.58 Å². The number of nitrogens with one attached hydrogen (secondary N) is 1. The Bertz CT molecular complexity index is 1180. The van der Waals surface area contributed by atoms with Crippen molar-refractivity contribution in [2.75, 3.05) is 5.32 Å². The van der Waals surface area contributed by atoms with E-state index in [4.69, 9.17) is 4.42 Å². The molecule has 0 aliphatic carbocycles. The lowest BCUT2D eigenvalue weighted by atomic mass is 10.1. The van der Waals surface area contributed by atoms with Gasteiger partial charge in [-0.2, -0.15) is 0 Å². The summed E-state index contributed by atoms with van der Waals surface area (Å²) < 4.78 is 7.81. The van der Waals surface area contributed by atoms with Gasteiger partial charge in [-0.25, -0.2) is 0 Å². The Morgan fingerprint density at radius 1 is 0.964 bits per heavy atom. The summed E-state index contributed by atoms with van der Waals surface area (Å²) in [5.41, 5.74) is 7.76. The predicted octanol–water partition coefficient (Wildman–Crippen LogP) is 5.77. The first-order chi connectivity index (χ1) is 13.4. The lowest BCUT2D eigenvalue weighted by Gasteiger charge is -2.12. The van der Waals surface area contributed by atoms with Crippen LogP contribution in [0.4, 0.5) is 5.69 Å². The molecule has 1 N–H and O–H groups in total. The number of hydrogen-bond acceptors (Lipinski definition) is 2. The van der Waals surface area contributed by atoms with Crippen LogP contribution in [0.5, 0.6) is 0 Å². The fraction of sp³-hybridized carbons (Fsp3) is 0.208. The Labute approximate surface area is 164 Å².